The van der Waals surface area contributed by atoms with E-state index in [4.69, 9.17) is 5.73 Å². The molecule has 0 radical (unpaired) electrons. The van der Waals surface area contributed by atoms with Crippen LogP contribution < -0.4 is 5.73 Å². The summed E-state index contributed by atoms with van der Waals surface area (Å²) in [6, 6.07) is 7.55. The van der Waals surface area contributed by atoms with Gasteiger partial charge < -0.3 is 10.3 Å². The van der Waals surface area contributed by atoms with E-state index >= 15 is 0 Å². The molecule has 0 spiro atoms. The zero-order chi connectivity index (χ0) is 17.3. The van der Waals surface area contributed by atoms with E-state index in [0.717, 1.165) is 24.8 Å². The molecule has 2 heterocycles. The number of rotatable bonds is 4. The lowest BCUT2D eigenvalue weighted by Gasteiger charge is -2.12. The van der Waals surface area contributed by atoms with Crippen molar-refractivity contribution in [2.24, 2.45) is 0 Å². The molecule has 0 bridgehead atoms. The minimum Gasteiger partial charge on any atom is -0.399 e. The van der Waals surface area contributed by atoms with Gasteiger partial charge in [-0.2, -0.15) is 18.3 Å². The van der Waals surface area contributed by atoms with Gasteiger partial charge in [-0.05, 0) is 36.2 Å². The van der Waals surface area contributed by atoms with Crippen LogP contribution in [0.25, 0.3) is 16.9 Å². The van der Waals surface area contributed by atoms with Crippen molar-refractivity contribution in [3.8, 4) is 16.9 Å². The van der Waals surface area contributed by atoms with Crippen LogP contribution in [0.2, 0.25) is 0 Å². The molecule has 0 unspecified atom stereocenters. The Morgan fingerprint density at radius 3 is 2.71 bits per heavy atom. The number of aromatic nitrogens is 3. The predicted molar refractivity (Wildman–Crippen MR) is 86.7 cm³/mol. The molecule has 3 rings (SSSR count). The molecule has 2 N–H and O–H groups in total. The van der Waals surface area contributed by atoms with Gasteiger partial charge in [0, 0.05) is 30.2 Å². The molecule has 4 nitrogen and oxygen atoms in total. The van der Waals surface area contributed by atoms with Crippen LogP contribution in [0.15, 0.2) is 48.9 Å². The number of hydrogen-bond acceptors (Lipinski definition) is 2. The summed E-state index contributed by atoms with van der Waals surface area (Å²) in [6.45, 7) is 2.87. The number of anilines is 1. The number of alkyl halides is 3. The van der Waals surface area contributed by atoms with Crippen molar-refractivity contribution >= 4 is 5.69 Å². The van der Waals surface area contributed by atoms with Gasteiger partial charge in [-0.1, -0.05) is 13.0 Å². The summed E-state index contributed by atoms with van der Waals surface area (Å²) in [7, 11) is 0. The van der Waals surface area contributed by atoms with Crippen LogP contribution in [-0.4, -0.2) is 14.3 Å². The highest BCUT2D eigenvalue weighted by molar-refractivity contribution is 5.69. The van der Waals surface area contributed by atoms with E-state index in [2.05, 4.69) is 12.0 Å². The summed E-state index contributed by atoms with van der Waals surface area (Å²) < 4.78 is 43.4. The topological polar surface area (TPSA) is 48.8 Å². The highest BCUT2D eigenvalue weighted by atomic mass is 19.4. The Kier molecular flexibility index (Phi) is 4.09. The molecule has 0 aliphatic rings. The van der Waals surface area contributed by atoms with E-state index < -0.39 is 11.7 Å². The van der Waals surface area contributed by atoms with E-state index in [9.17, 15) is 13.2 Å². The van der Waals surface area contributed by atoms with E-state index in [1.165, 1.54) is 18.3 Å². The van der Waals surface area contributed by atoms with Gasteiger partial charge in [0.25, 0.3) is 0 Å². The van der Waals surface area contributed by atoms with E-state index in [0.29, 0.717) is 5.56 Å². The molecule has 24 heavy (non-hydrogen) atoms. The summed E-state index contributed by atoms with van der Waals surface area (Å²) in [5, 5.41) is 4.22. The Morgan fingerprint density at radius 1 is 1.21 bits per heavy atom. The third-order valence-corrected chi connectivity index (χ3v) is 3.75. The highest BCUT2D eigenvalue weighted by Gasteiger charge is 2.34. The molecular weight excluding hydrogens is 317 g/mol. The fraction of sp³-hybridized carbons (Fsp3) is 0.235. The molecule has 0 saturated carbocycles. The standard InChI is InChI=1S/C17H17F3N4/c1-2-7-23-8-3-4-16(23)24-11-12(10-22-24)14-6-5-13(21)9-15(14)17(18,19)20/h3-6,8-11H,2,7,21H2,1H3. The van der Waals surface area contributed by atoms with Gasteiger partial charge >= 0.3 is 6.18 Å². The molecule has 0 aliphatic heterocycles. The van der Waals surface area contributed by atoms with Crippen molar-refractivity contribution in [3.63, 3.8) is 0 Å². The minimum atomic E-state index is -4.48. The fourth-order valence-electron chi connectivity index (χ4n) is 2.68. The number of nitrogen functional groups attached to an aromatic ring is 1. The number of nitrogens with two attached hydrogens (primary N) is 1. The maximum atomic E-state index is 13.3. The number of hydrogen-bond donors (Lipinski definition) is 1. The third-order valence-electron chi connectivity index (χ3n) is 3.75. The molecule has 0 aliphatic carbocycles. The summed E-state index contributed by atoms with van der Waals surface area (Å²) in [5.74, 6) is 0.812. The van der Waals surface area contributed by atoms with Gasteiger partial charge in [-0.25, -0.2) is 4.68 Å². The predicted octanol–water partition coefficient (Wildman–Crippen LogP) is 4.35. The largest absolute Gasteiger partial charge is 0.417 e. The van der Waals surface area contributed by atoms with E-state index in [1.807, 2.05) is 22.9 Å². The van der Waals surface area contributed by atoms with Gasteiger partial charge in [-0.3, -0.25) is 0 Å². The second-order valence-electron chi connectivity index (χ2n) is 5.54. The monoisotopic (exact) mass is 334 g/mol. The summed E-state index contributed by atoms with van der Waals surface area (Å²) in [5.41, 5.74) is 5.30. The normalized spacial score (nSPS) is 11.8. The molecule has 0 fully saturated rings. The Hall–Kier alpha value is -2.70. The number of halogens is 3. The second-order valence-corrected chi connectivity index (χ2v) is 5.54. The van der Waals surface area contributed by atoms with Crippen molar-refractivity contribution in [1.29, 1.82) is 0 Å². The summed E-state index contributed by atoms with van der Waals surface area (Å²) in [4.78, 5) is 0. The van der Waals surface area contributed by atoms with Crippen molar-refractivity contribution in [2.45, 2.75) is 26.1 Å². The number of benzene rings is 1. The van der Waals surface area contributed by atoms with Crippen LogP contribution in [-0.2, 0) is 12.7 Å². The first-order chi connectivity index (χ1) is 11.4. The first-order valence-corrected chi connectivity index (χ1v) is 7.57. The van der Waals surface area contributed by atoms with Crippen molar-refractivity contribution in [2.75, 3.05) is 5.73 Å². The lowest BCUT2D eigenvalue weighted by molar-refractivity contribution is -0.137. The maximum Gasteiger partial charge on any atom is 0.417 e. The zero-order valence-electron chi connectivity index (χ0n) is 13.1. The van der Waals surface area contributed by atoms with E-state index in [-0.39, 0.29) is 11.3 Å². The van der Waals surface area contributed by atoms with Gasteiger partial charge in [-0.15, -0.1) is 0 Å². The summed E-state index contributed by atoms with van der Waals surface area (Å²) in [6.07, 6.45) is 1.43. The first-order valence-electron chi connectivity index (χ1n) is 7.57. The lowest BCUT2D eigenvalue weighted by atomic mass is 10.0. The molecule has 126 valence electrons. The Labute approximate surface area is 137 Å². The molecule has 0 amide bonds. The Bertz CT molecular complexity index is 846. The van der Waals surface area contributed by atoms with Crippen molar-refractivity contribution < 1.29 is 13.2 Å². The summed E-state index contributed by atoms with van der Waals surface area (Å²) >= 11 is 0. The van der Waals surface area contributed by atoms with Gasteiger partial charge in [0.2, 0.25) is 0 Å². The number of nitrogens with zero attached hydrogens (tertiary/aromatic N) is 3. The molecule has 1 aromatic carbocycles. The first kappa shape index (κ1) is 16.2. The Morgan fingerprint density at radius 2 is 2.00 bits per heavy atom. The van der Waals surface area contributed by atoms with Crippen LogP contribution >= 0.6 is 0 Å². The molecule has 3 aromatic rings. The van der Waals surface area contributed by atoms with Gasteiger partial charge in [0.05, 0.1) is 11.8 Å². The molecule has 2 aromatic heterocycles. The molecule has 0 atom stereocenters. The van der Waals surface area contributed by atoms with E-state index in [1.54, 1.807) is 10.9 Å². The zero-order valence-corrected chi connectivity index (χ0v) is 13.1. The second kappa shape index (κ2) is 6.07. The van der Waals surface area contributed by atoms with Crippen molar-refractivity contribution in [3.05, 3.63) is 54.5 Å². The lowest BCUT2D eigenvalue weighted by Crippen LogP contribution is -2.08. The quantitative estimate of drug-likeness (QED) is 0.721. The fourth-order valence-corrected chi connectivity index (χ4v) is 2.68. The molecular formula is C17H17F3N4. The van der Waals surface area contributed by atoms with Crippen LogP contribution in [0.4, 0.5) is 18.9 Å². The molecule has 0 saturated heterocycles. The van der Waals surface area contributed by atoms with Crippen LogP contribution in [0.1, 0.15) is 18.9 Å². The van der Waals surface area contributed by atoms with Gasteiger partial charge in [0.1, 0.15) is 5.82 Å². The van der Waals surface area contributed by atoms with Crippen molar-refractivity contribution in [1.82, 2.24) is 14.3 Å². The maximum absolute atomic E-state index is 13.3. The average Bonchev–Trinajstić information content (AvgIpc) is 3.15. The average molecular weight is 334 g/mol. The Balaban J connectivity index is 2.04. The SMILES string of the molecule is CCCn1cccc1-n1cc(-c2ccc(N)cc2C(F)(F)F)cn1. The van der Waals surface area contributed by atoms with Crippen LogP contribution in [0.3, 0.4) is 0 Å². The smallest absolute Gasteiger partial charge is 0.399 e. The van der Waals surface area contributed by atoms with Gasteiger partial charge in [0.15, 0.2) is 0 Å². The minimum absolute atomic E-state index is 0.0662. The molecule has 7 heteroatoms. The number of aryl methyl sites for hydroxylation is 1. The van der Waals surface area contributed by atoms with Crippen LogP contribution in [0, 0.1) is 0 Å². The highest BCUT2D eigenvalue weighted by Crippen LogP contribution is 2.38. The van der Waals surface area contributed by atoms with Crippen LogP contribution in [0.5, 0.6) is 0 Å². The third kappa shape index (κ3) is 3.02.